The number of aryl methyl sites for hydroxylation is 1. The highest BCUT2D eigenvalue weighted by atomic mass is 32.2. The molecule has 1 atom stereocenters. The Hall–Kier alpha value is -2.63. The molecule has 1 unspecified atom stereocenters. The maximum atomic E-state index is 13.0. The lowest BCUT2D eigenvalue weighted by molar-refractivity contribution is -0.175. The minimum Gasteiger partial charge on any atom is -0.327 e. The number of imidazole rings is 1. The Labute approximate surface area is 170 Å². The number of ketones is 1. The molecule has 8 nitrogen and oxygen atoms in total. The molecular weight excluding hydrogens is 427 g/mol. The van der Waals surface area contributed by atoms with Crippen molar-refractivity contribution in [3.05, 3.63) is 34.7 Å². The Morgan fingerprint density at radius 3 is 2.10 bits per heavy atom. The molecule has 0 bridgehead atoms. The van der Waals surface area contributed by atoms with Crippen LogP contribution in [0.25, 0.3) is 11.0 Å². The van der Waals surface area contributed by atoms with E-state index in [0.29, 0.717) is 4.57 Å². The third-order valence-corrected chi connectivity index (χ3v) is 5.32. The summed E-state index contributed by atoms with van der Waals surface area (Å²) in [4.78, 5) is 37.4. The molecule has 1 aromatic carbocycles. The van der Waals surface area contributed by atoms with Crippen molar-refractivity contribution in [3.8, 4) is 0 Å². The van der Waals surface area contributed by atoms with Crippen molar-refractivity contribution < 1.29 is 31.2 Å². The van der Waals surface area contributed by atoms with Crippen molar-refractivity contribution in [2.75, 3.05) is 12.0 Å². The largest absolute Gasteiger partial charge is 0.452 e. The van der Waals surface area contributed by atoms with Gasteiger partial charge >= 0.3 is 17.9 Å². The van der Waals surface area contributed by atoms with E-state index in [0.717, 1.165) is 10.8 Å². The number of aromatic nitrogens is 2. The fourth-order valence-electron chi connectivity index (χ4n) is 2.90. The van der Waals surface area contributed by atoms with Gasteiger partial charge in [-0.15, -0.1) is 0 Å². The second kappa shape index (κ2) is 7.89. The number of alkyl halides is 3. The molecule has 0 spiro atoms. The Bertz CT molecular complexity index is 1140. The summed E-state index contributed by atoms with van der Waals surface area (Å²) in [6.45, 7) is 3.79. The highest BCUT2D eigenvalue weighted by Crippen LogP contribution is 2.28. The molecule has 1 N–H and O–H groups in total. The number of rotatable bonds is 5. The molecule has 30 heavy (non-hydrogen) atoms. The molecule has 2 rings (SSSR count). The standard InChI is InChI=1S/C18H22F3N3O5S/c1-17(2,3)13(14(25)18(19,20)21)22-15(26)24-12-8-6-5-7-11(12)23(16(24)27)9-10-30(4,28)29/h5-8,13H,9-10H2,1-4H3,(H,22,26). The van der Waals surface area contributed by atoms with Gasteiger partial charge in [0, 0.05) is 12.8 Å². The molecule has 0 fully saturated rings. The van der Waals surface area contributed by atoms with E-state index < -0.39 is 45.0 Å². The minimum absolute atomic E-state index is 0.0700. The Morgan fingerprint density at radius 1 is 1.10 bits per heavy atom. The van der Waals surface area contributed by atoms with E-state index in [4.69, 9.17) is 0 Å². The molecule has 0 radical (unpaired) electrons. The lowest BCUT2D eigenvalue weighted by atomic mass is 9.84. The van der Waals surface area contributed by atoms with Gasteiger partial charge in [0.25, 0.3) is 5.78 Å². The summed E-state index contributed by atoms with van der Waals surface area (Å²) < 4.78 is 63.6. The van der Waals surface area contributed by atoms with Crippen LogP contribution in [0.5, 0.6) is 0 Å². The lowest BCUT2D eigenvalue weighted by Crippen LogP contribution is -2.55. The Kier molecular flexibility index (Phi) is 6.22. The summed E-state index contributed by atoms with van der Waals surface area (Å²) in [7, 11) is -3.42. The first kappa shape index (κ1) is 23.6. The minimum atomic E-state index is -5.18. The van der Waals surface area contributed by atoms with Gasteiger partial charge in [0.2, 0.25) is 0 Å². The molecule has 0 saturated carbocycles. The molecule has 12 heteroatoms. The van der Waals surface area contributed by atoms with Crippen molar-refractivity contribution >= 4 is 32.7 Å². The van der Waals surface area contributed by atoms with E-state index >= 15 is 0 Å². The first-order valence-electron chi connectivity index (χ1n) is 8.84. The summed E-state index contributed by atoms with van der Waals surface area (Å²) in [6, 6.07) is 2.79. The van der Waals surface area contributed by atoms with Gasteiger partial charge in [-0.25, -0.2) is 22.6 Å². The lowest BCUT2D eigenvalue weighted by Gasteiger charge is -2.30. The molecule has 1 heterocycles. The molecule has 0 aliphatic heterocycles. The maximum Gasteiger partial charge on any atom is 0.452 e. The van der Waals surface area contributed by atoms with Gasteiger partial charge < -0.3 is 5.32 Å². The fourth-order valence-corrected chi connectivity index (χ4v) is 3.42. The van der Waals surface area contributed by atoms with E-state index in [1.165, 1.54) is 39.0 Å². The number of carbonyl (C=O) groups excluding carboxylic acids is 2. The zero-order chi connectivity index (χ0) is 23.1. The number of fused-ring (bicyclic) bond motifs is 1. The van der Waals surface area contributed by atoms with Crippen molar-refractivity contribution in [2.45, 2.75) is 39.5 Å². The molecule has 2 aromatic rings. The third kappa shape index (κ3) is 5.10. The molecule has 0 aliphatic rings. The van der Waals surface area contributed by atoms with E-state index in [-0.39, 0.29) is 23.3 Å². The zero-order valence-electron chi connectivity index (χ0n) is 16.8. The number of nitrogens with zero attached hydrogens (tertiary/aromatic N) is 2. The van der Waals surface area contributed by atoms with Crippen LogP contribution in [0, 0.1) is 5.41 Å². The van der Waals surface area contributed by atoms with Crippen molar-refractivity contribution in [1.29, 1.82) is 0 Å². The number of nitrogens with one attached hydrogen (secondary N) is 1. The molecule has 0 saturated heterocycles. The summed E-state index contributed by atoms with van der Waals surface area (Å²) in [5, 5.41) is 2.02. The van der Waals surface area contributed by atoms with E-state index in [9.17, 15) is 36.0 Å². The first-order valence-corrected chi connectivity index (χ1v) is 10.9. The van der Waals surface area contributed by atoms with Gasteiger partial charge in [-0.1, -0.05) is 32.9 Å². The number of carbonyl (C=O) groups is 2. The van der Waals surface area contributed by atoms with Crippen LogP contribution in [0.15, 0.2) is 29.1 Å². The Balaban J connectivity index is 2.54. The molecule has 1 amide bonds. The number of halogens is 3. The van der Waals surface area contributed by atoms with Crippen LogP contribution in [0.1, 0.15) is 20.8 Å². The molecule has 1 aromatic heterocycles. The Morgan fingerprint density at radius 2 is 1.63 bits per heavy atom. The van der Waals surface area contributed by atoms with Crippen LogP contribution < -0.4 is 11.0 Å². The number of hydrogen-bond donors (Lipinski definition) is 1. The average Bonchev–Trinajstić information content (AvgIpc) is 2.86. The van der Waals surface area contributed by atoms with Gasteiger partial charge in [0.1, 0.15) is 15.9 Å². The SMILES string of the molecule is CC(C)(C)C(NC(=O)n1c(=O)n(CCS(C)(=O)=O)c2ccccc21)C(=O)C(F)(F)F. The van der Waals surface area contributed by atoms with E-state index in [2.05, 4.69) is 0 Å². The topological polar surface area (TPSA) is 107 Å². The predicted octanol–water partition coefficient (Wildman–Crippen LogP) is 1.95. The number of para-hydroxylation sites is 2. The van der Waals surface area contributed by atoms with Crippen molar-refractivity contribution in [1.82, 2.24) is 14.5 Å². The summed E-state index contributed by atoms with van der Waals surface area (Å²) in [5.74, 6) is -2.52. The maximum absolute atomic E-state index is 13.0. The van der Waals surface area contributed by atoms with Crippen LogP contribution in [0.3, 0.4) is 0 Å². The monoisotopic (exact) mass is 449 g/mol. The summed E-state index contributed by atoms with van der Waals surface area (Å²) >= 11 is 0. The van der Waals surface area contributed by atoms with Crippen LogP contribution in [-0.2, 0) is 21.2 Å². The first-order chi connectivity index (χ1) is 13.5. The molecule has 0 aliphatic carbocycles. The summed E-state index contributed by atoms with van der Waals surface area (Å²) in [5.41, 5.74) is -1.92. The van der Waals surface area contributed by atoms with Crippen molar-refractivity contribution in [2.24, 2.45) is 5.41 Å². The van der Waals surface area contributed by atoms with Crippen molar-refractivity contribution in [3.63, 3.8) is 0 Å². The van der Waals surface area contributed by atoms with Gasteiger partial charge in [-0.3, -0.25) is 9.36 Å². The zero-order valence-corrected chi connectivity index (χ0v) is 17.6. The third-order valence-electron chi connectivity index (χ3n) is 4.40. The number of amides is 1. The highest BCUT2D eigenvalue weighted by molar-refractivity contribution is 7.90. The number of hydrogen-bond acceptors (Lipinski definition) is 5. The van der Waals surface area contributed by atoms with Crippen LogP contribution in [0.2, 0.25) is 0 Å². The second-order valence-electron chi connectivity index (χ2n) is 8.00. The van der Waals surface area contributed by atoms with Crippen LogP contribution in [-0.4, -0.2) is 53.6 Å². The second-order valence-corrected chi connectivity index (χ2v) is 10.3. The number of benzene rings is 1. The quantitative estimate of drug-likeness (QED) is 0.751. The smallest absolute Gasteiger partial charge is 0.327 e. The molecule has 166 valence electrons. The normalized spacial score (nSPS) is 14.0. The fraction of sp³-hybridized carbons (Fsp3) is 0.500. The van der Waals surface area contributed by atoms with Gasteiger partial charge in [0.05, 0.1) is 16.8 Å². The number of sulfone groups is 1. The van der Waals surface area contributed by atoms with E-state index in [1.807, 2.05) is 5.32 Å². The molecular formula is C18H22F3N3O5S. The van der Waals surface area contributed by atoms with Gasteiger partial charge in [-0.2, -0.15) is 13.2 Å². The predicted molar refractivity (Wildman–Crippen MR) is 104 cm³/mol. The van der Waals surface area contributed by atoms with E-state index in [1.54, 1.807) is 6.07 Å². The van der Waals surface area contributed by atoms with Gasteiger partial charge in [-0.05, 0) is 17.5 Å². The highest BCUT2D eigenvalue weighted by Gasteiger charge is 2.48. The van der Waals surface area contributed by atoms with Crippen LogP contribution in [0.4, 0.5) is 18.0 Å². The average molecular weight is 449 g/mol. The van der Waals surface area contributed by atoms with Gasteiger partial charge in [0.15, 0.2) is 0 Å². The number of Topliss-reactive ketones (excluding diaryl/α,β-unsaturated/α-hetero) is 1. The van der Waals surface area contributed by atoms with Crippen LogP contribution >= 0.6 is 0 Å². The summed E-state index contributed by atoms with van der Waals surface area (Å²) in [6.07, 6.45) is -4.19.